The lowest BCUT2D eigenvalue weighted by molar-refractivity contribution is -0.129. The third-order valence-corrected chi connectivity index (χ3v) is 3.18. The minimum atomic E-state index is -0.657. The van der Waals surface area contributed by atoms with Gasteiger partial charge in [0.05, 0.1) is 5.56 Å². The molecule has 1 aromatic carbocycles. The molecule has 19 heavy (non-hydrogen) atoms. The number of benzene rings is 1. The number of halogens is 1. The van der Waals surface area contributed by atoms with Gasteiger partial charge in [-0.25, -0.2) is 4.39 Å². The average Bonchev–Trinajstić information content (AvgIpc) is 2.51. The van der Waals surface area contributed by atoms with Crippen LogP contribution in [-0.2, 0) is 4.79 Å². The molecule has 1 saturated heterocycles. The maximum absolute atomic E-state index is 13.7. The van der Waals surface area contributed by atoms with Gasteiger partial charge in [0.2, 0.25) is 5.91 Å². The van der Waals surface area contributed by atoms with Crippen LogP contribution in [0, 0.1) is 5.82 Å². The number of rotatable bonds is 1. The molecule has 1 aliphatic heterocycles. The summed E-state index contributed by atoms with van der Waals surface area (Å²) in [5.41, 5.74) is 5.66. The van der Waals surface area contributed by atoms with Crippen molar-refractivity contribution in [3.05, 3.63) is 29.6 Å². The average molecular weight is 265 g/mol. The minimum absolute atomic E-state index is 0.0147. The van der Waals surface area contributed by atoms with Crippen molar-refractivity contribution >= 4 is 17.5 Å². The second-order valence-corrected chi connectivity index (χ2v) is 4.63. The predicted octanol–water partition coefficient (Wildman–Crippen LogP) is 0.712. The van der Waals surface area contributed by atoms with E-state index >= 15 is 0 Å². The third kappa shape index (κ3) is 2.83. The molecule has 0 atom stereocenters. The third-order valence-electron chi connectivity index (χ3n) is 3.18. The zero-order chi connectivity index (χ0) is 14.0. The maximum Gasteiger partial charge on any atom is 0.257 e. The number of carbonyl (C=O) groups is 2. The molecule has 1 aromatic rings. The van der Waals surface area contributed by atoms with E-state index in [2.05, 4.69) is 0 Å². The maximum atomic E-state index is 13.7. The molecule has 0 radical (unpaired) electrons. The second-order valence-electron chi connectivity index (χ2n) is 4.63. The molecule has 2 amide bonds. The summed E-state index contributed by atoms with van der Waals surface area (Å²) in [6.07, 6.45) is 0.685. The van der Waals surface area contributed by atoms with E-state index in [1.807, 2.05) is 0 Å². The van der Waals surface area contributed by atoms with Gasteiger partial charge >= 0.3 is 0 Å². The molecule has 1 aliphatic rings. The van der Waals surface area contributed by atoms with Crippen LogP contribution < -0.4 is 5.73 Å². The molecule has 102 valence electrons. The first kappa shape index (κ1) is 13.3. The van der Waals surface area contributed by atoms with Gasteiger partial charge in [-0.05, 0) is 24.6 Å². The van der Waals surface area contributed by atoms with Crippen LogP contribution in [0.25, 0.3) is 0 Å². The van der Waals surface area contributed by atoms with Crippen molar-refractivity contribution in [1.29, 1.82) is 0 Å². The lowest BCUT2D eigenvalue weighted by Gasteiger charge is -2.20. The Labute approximate surface area is 110 Å². The number of likely N-dealkylation sites (N-methyl/N-ethyl adjacent to an activating group) is 1. The number of nitrogens with zero attached hydrogens (tertiary/aromatic N) is 2. The van der Waals surface area contributed by atoms with E-state index < -0.39 is 11.7 Å². The lowest BCUT2D eigenvalue weighted by Crippen LogP contribution is -2.38. The fourth-order valence-corrected chi connectivity index (χ4v) is 2.03. The van der Waals surface area contributed by atoms with Crippen LogP contribution in [0.4, 0.5) is 10.1 Å². The molecule has 0 bridgehead atoms. The van der Waals surface area contributed by atoms with Gasteiger partial charge in [0, 0.05) is 25.8 Å². The summed E-state index contributed by atoms with van der Waals surface area (Å²) in [6, 6.07) is 3.94. The monoisotopic (exact) mass is 265 g/mol. The first-order chi connectivity index (χ1) is 8.99. The zero-order valence-electron chi connectivity index (χ0n) is 10.7. The first-order valence-electron chi connectivity index (χ1n) is 6.07. The van der Waals surface area contributed by atoms with E-state index in [0.29, 0.717) is 19.5 Å². The number of anilines is 1. The number of nitrogen functional groups attached to an aromatic ring is 1. The first-order valence-corrected chi connectivity index (χ1v) is 6.07. The van der Waals surface area contributed by atoms with Gasteiger partial charge in [0.1, 0.15) is 12.4 Å². The van der Waals surface area contributed by atoms with Crippen LogP contribution in [0.2, 0.25) is 0 Å². The van der Waals surface area contributed by atoms with Gasteiger partial charge in [-0.1, -0.05) is 0 Å². The summed E-state index contributed by atoms with van der Waals surface area (Å²) < 4.78 is 13.7. The Morgan fingerprint density at radius 1 is 1.37 bits per heavy atom. The second kappa shape index (κ2) is 5.26. The molecule has 0 unspecified atom stereocenters. The summed E-state index contributed by atoms with van der Waals surface area (Å²) in [7, 11) is 1.69. The Bertz CT molecular complexity index is 519. The normalized spacial score (nSPS) is 16.4. The smallest absolute Gasteiger partial charge is 0.257 e. The molecule has 0 aliphatic carbocycles. The van der Waals surface area contributed by atoms with Crippen molar-refractivity contribution in [3.63, 3.8) is 0 Å². The fraction of sp³-hybridized carbons (Fsp3) is 0.385. The number of carbonyl (C=O) groups excluding carboxylic acids is 2. The Hall–Kier alpha value is -2.11. The molecule has 0 saturated carbocycles. The Morgan fingerprint density at radius 2 is 2.11 bits per heavy atom. The Kier molecular flexibility index (Phi) is 3.69. The van der Waals surface area contributed by atoms with E-state index in [1.54, 1.807) is 11.9 Å². The van der Waals surface area contributed by atoms with Crippen molar-refractivity contribution in [2.24, 2.45) is 0 Å². The summed E-state index contributed by atoms with van der Waals surface area (Å²) in [6.45, 7) is 1.03. The molecular formula is C13H16FN3O2. The van der Waals surface area contributed by atoms with Crippen molar-refractivity contribution in [1.82, 2.24) is 9.80 Å². The highest BCUT2D eigenvalue weighted by Gasteiger charge is 2.25. The summed E-state index contributed by atoms with van der Waals surface area (Å²) in [4.78, 5) is 26.9. The highest BCUT2D eigenvalue weighted by Crippen LogP contribution is 2.15. The summed E-state index contributed by atoms with van der Waals surface area (Å²) >= 11 is 0. The van der Waals surface area contributed by atoms with E-state index in [-0.39, 0.29) is 23.7 Å². The van der Waals surface area contributed by atoms with Crippen LogP contribution in [0.15, 0.2) is 18.2 Å². The topological polar surface area (TPSA) is 66.6 Å². The molecule has 5 nitrogen and oxygen atoms in total. The number of hydrogen-bond donors (Lipinski definition) is 1. The standard InChI is InChI=1S/C13H16FN3O2/c1-16-5-2-6-17(8-12(16)18)13(19)10-4-3-9(15)7-11(10)14/h3-4,7H,2,5-6,8,15H2,1H3. The molecule has 2 N–H and O–H groups in total. The minimum Gasteiger partial charge on any atom is -0.399 e. The van der Waals surface area contributed by atoms with Crippen molar-refractivity contribution in [2.75, 3.05) is 32.4 Å². The molecule has 1 heterocycles. The largest absolute Gasteiger partial charge is 0.399 e. The van der Waals surface area contributed by atoms with Gasteiger partial charge in [0.15, 0.2) is 0 Å². The van der Waals surface area contributed by atoms with Crippen LogP contribution in [0.3, 0.4) is 0 Å². The van der Waals surface area contributed by atoms with Gasteiger partial charge in [0.25, 0.3) is 5.91 Å². The van der Waals surface area contributed by atoms with Crippen LogP contribution >= 0.6 is 0 Å². The summed E-state index contributed by atoms with van der Waals surface area (Å²) in [5, 5.41) is 0. The van der Waals surface area contributed by atoms with Gasteiger partial charge < -0.3 is 15.5 Å². The van der Waals surface area contributed by atoms with Gasteiger partial charge in [-0.15, -0.1) is 0 Å². The van der Waals surface area contributed by atoms with E-state index in [4.69, 9.17) is 5.73 Å². The number of hydrogen-bond acceptors (Lipinski definition) is 3. The SMILES string of the molecule is CN1CCCN(C(=O)c2ccc(N)cc2F)CC1=O. The number of amides is 2. The molecule has 1 fully saturated rings. The van der Waals surface area contributed by atoms with Gasteiger partial charge in [-0.3, -0.25) is 9.59 Å². The predicted molar refractivity (Wildman–Crippen MR) is 69.0 cm³/mol. The molecule has 6 heteroatoms. The molecule has 0 spiro atoms. The lowest BCUT2D eigenvalue weighted by atomic mass is 10.1. The Balaban J connectivity index is 2.21. The van der Waals surface area contributed by atoms with Crippen molar-refractivity contribution < 1.29 is 14.0 Å². The van der Waals surface area contributed by atoms with Crippen LogP contribution in [0.1, 0.15) is 16.8 Å². The molecule has 2 rings (SSSR count). The fourth-order valence-electron chi connectivity index (χ4n) is 2.03. The van der Waals surface area contributed by atoms with Crippen molar-refractivity contribution in [3.8, 4) is 0 Å². The van der Waals surface area contributed by atoms with Gasteiger partial charge in [-0.2, -0.15) is 0 Å². The van der Waals surface area contributed by atoms with E-state index in [0.717, 1.165) is 6.07 Å². The highest BCUT2D eigenvalue weighted by atomic mass is 19.1. The van der Waals surface area contributed by atoms with Crippen LogP contribution in [-0.4, -0.2) is 48.3 Å². The quantitative estimate of drug-likeness (QED) is 0.761. The van der Waals surface area contributed by atoms with E-state index in [1.165, 1.54) is 17.0 Å². The number of nitrogens with two attached hydrogens (primary N) is 1. The van der Waals surface area contributed by atoms with Crippen molar-refractivity contribution in [2.45, 2.75) is 6.42 Å². The van der Waals surface area contributed by atoms with E-state index in [9.17, 15) is 14.0 Å². The Morgan fingerprint density at radius 3 is 2.79 bits per heavy atom. The summed E-state index contributed by atoms with van der Waals surface area (Å²) in [5.74, 6) is -1.27. The zero-order valence-corrected chi connectivity index (χ0v) is 10.7. The molecular weight excluding hydrogens is 249 g/mol. The van der Waals surface area contributed by atoms with Crippen LogP contribution in [0.5, 0.6) is 0 Å². The molecule has 0 aromatic heterocycles. The highest BCUT2D eigenvalue weighted by molar-refractivity contribution is 5.97.